The third-order valence-corrected chi connectivity index (χ3v) is 3.10. The van der Waals surface area contributed by atoms with Crippen molar-refractivity contribution >= 4 is 17.4 Å². The molecule has 5 heteroatoms. The van der Waals surface area contributed by atoms with Gasteiger partial charge in [-0.2, -0.15) is 0 Å². The third kappa shape index (κ3) is 4.15. The fourth-order valence-electron chi connectivity index (χ4n) is 1.85. The van der Waals surface area contributed by atoms with Crippen LogP contribution in [-0.2, 0) is 4.79 Å². The lowest BCUT2D eigenvalue weighted by molar-refractivity contribution is -0.118. The summed E-state index contributed by atoms with van der Waals surface area (Å²) in [6.45, 7) is 3.05. The molecule has 0 spiro atoms. The molecular formula is C17H16FNO3. The molecule has 0 saturated carbocycles. The normalized spacial score (nSPS) is 10.1. The predicted molar refractivity (Wildman–Crippen MR) is 81.7 cm³/mol. The van der Waals surface area contributed by atoms with Crippen LogP contribution in [0.25, 0.3) is 0 Å². The van der Waals surface area contributed by atoms with Gasteiger partial charge in [-0.25, -0.2) is 4.39 Å². The van der Waals surface area contributed by atoms with Crippen LogP contribution in [0.15, 0.2) is 42.5 Å². The summed E-state index contributed by atoms with van der Waals surface area (Å²) in [6.07, 6.45) is 0. The van der Waals surface area contributed by atoms with Crippen molar-refractivity contribution in [3.05, 3.63) is 59.4 Å². The number of anilines is 1. The molecule has 0 aliphatic carbocycles. The molecule has 0 radical (unpaired) electrons. The summed E-state index contributed by atoms with van der Waals surface area (Å²) in [5.74, 6) is -0.354. The first-order valence-corrected chi connectivity index (χ1v) is 6.75. The van der Waals surface area contributed by atoms with Crippen LogP contribution < -0.4 is 10.1 Å². The number of hydrogen-bond donors (Lipinski definition) is 1. The van der Waals surface area contributed by atoms with Crippen molar-refractivity contribution in [1.82, 2.24) is 0 Å². The summed E-state index contributed by atoms with van der Waals surface area (Å²) < 4.78 is 18.5. The fraction of sp³-hybridized carbons (Fsp3) is 0.176. The molecule has 4 nitrogen and oxygen atoms in total. The number of benzene rings is 2. The summed E-state index contributed by atoms with van der Waals surface area (Å²) in [5, 5.41) is 2.59. The van der Waals surface area contributed by atoms with Crippen molar-refractivity contribution in [1.29, 1.82) is 0 Å². The van der Waals surface area contributed by atoms with Gasteiger partial charge in [0.2, 0.25) is 0 Å². The van der Waals surface area contributed by atoms with Crippen LogP contribution in [0.4, 0.5) is 10.1 Å². The highest BCUT2D eigenvalue weighted by molar-refractivity contribution is 5.94. The van der Waals surface area contributed by atoms with Crippen LogP contribution in [-0.4, -0.2) is 18.3 Å². The van der Waals surface area contributed by atoms with Gasteiger partial charge in [0.05, 0.1) is 0 Å². The molecule has 0 unspecified atom stereocenters. The van der Waals surface area contributed by atoms with Crippen LogP contribution in [0.3, 0.4) is 0 Å². The minimum atomic E-state index is -0.415. The van der Waals surface area contributed by atoms with Gasteiger partial charge >= 0.3 is 0 Å². The van der Waals surface area contributed by atoms with Gasteiger partial charge in [0.15, 0.2) is 12.4 Å². The second-order valence-corrected chi connectivity index (χ2v) is 4.88. The largest absolute Gasteiger partial charge is 0.484 e. The quantitative estimate of drug-likeness (QED) is 0.862. The SMILES string of the molecule is CC(=O)c1ccc(OCC(=O)Nc2cc(F)ccc2C)cc1. The molecule has 2 rings (SSSR count). The number of nitrogens with one attached hydrogen (secondary N) is 1. The van der Waals surface area contributed by atoms with E-state index in [4.69, 9.17) is 4.74 Å². The highest BCUT2D eigenvalue weighted by Gasteiger charge is 2.07. The van der Waals surface area contributed by atoms with E-state index in [1.54, 1.807) is 37.3 Å². The molecule has 22 heavy (non-hydrogen) atoms. The molecule has 0 aromatic heterocycles. The molecule has 0 atom stereocenters. The molecule has 1 N–H and O–H groups in total. The predicted octanol–water partition coefficient (Wildman–Crippen LogP) is 3.35. The Morgan fingerprint density at radius 1 is 1.14 bits per heavy atom. The van der Waals surface area contributed by atoms with Crippen molar-refractivity contribution in [2.75, 3.05) is 11.9 Å². The molecule has 0 fully saturated rings. The van der Waals surface area contributed by atoms with E-state index < -0.39 is 5.82 Å². The standard InChI is InChI=1S/C17H16FNO3/c1-11-3-6-14(18)9-16(11)19-17(21)10-22-15-7-4-13(5-8-15)12(2)20/h3-9H,10H2,1-2H3,(H,19,21). The number of carbonyl (C=O) groups excluding carboxylic acids is 2. The average Bonchev–Trinajstić information content (AvgIpc) is 2.49. The van der Waals surface area contributed by atoms with Crippen LogP contribution in [0.1, 0.15) is 22.8 Å². The topological polar surface area (TPSA) is 55.4 Å². The number of hydrogen-bond acceptors (Lipinski definition) is 3. The van der Waals surface area contributed by atoms with Crippen LogP contribution in [0, 0.1) is 12.7 Å². The lowest BCUT2D eigenvalue weighted by Crippen LogP contribution is -2.20. The van der Waals surface area contributed by atoms with Gasteiger partial charge in [-0.05, 0) is 55.8 Å². The first kappa shape index (κ1) is 15.7. The van der Waals surface area contributed by atoms with Gasteiger partial charge in [0.1, 0.15) is 11.6 Å². The molecule has 0 bridgehead atoms. The van der Waals surface area contributed by atoms with Gasteiger partial charge in [0.25, 0.3) is 5.91 Å². The molecule has 2 aromatic rings. The number of halogens is 1. The zero-order valence-electron chi connectivity index (χ0n) is 12.4. The Morgan fingerprint density at radius 3 is 2.45 bits per heavy atom. The molecular weight excluding hydrogens is 285 g/mol. The molecule has 1 amide bonds. The number of rotatable bonds is 5. The van der Waals surface area contributed by atoms with Gasteiger partial charge in [-0.15, -0.1) is 0 Å². The van der Waals surface area contributed by atoms with E-state index in [2.05, 4.69) is 5.32 Å². The van der Waals surface area contributed by atoms with E-state index in [0.29, 0.717) is 17.0 Å². The number of aryl methyl sites for hydroxylation is 1. The summed E-state index contributed by atoms with van der Waals surface area (Å²) in [6, 6.07) is 10.7. The minimum absolute atomic E-state index is 0.0362. The van der Waals surface area contributed by atoms with Gasteiger partial charge in [-0.1, -0.05) is 6.07 Å². The molecule has 114 valence electrons. The first-order valence-electron chi connectivity index (χ1n) is 6.75. The smallest absolute Gasteiger partial charge is 0.262 e. The highest BCUT2D eigenvalue weighted by Crippen LogP contribution is 2.16. The minimum Gasteiger partial charge on any atom is -0.484 e. The Bertz CT molecular complexity index is 696. The molecule has 0 saturated heterocycles. The Hall–Kier alpha value is -2.69. The summed E-state index contributed by atoms with van der Waals surface area (Å²) in [5.41, 5.74) is 1.76. The summed E-state index contributed by atoms with van der Waals surface area (Å²) >= 11 is 0. The number of ketones is 1. The van der Waals surface area contributed by atoms with Crippen molar-refractivity contribution in [2.24, 2.45) is 0 Å². The van der Waals surface area contributed by atoms with E-state index in [0.717, 1.165) is 5.56 Å². The first-order chi connectivity index (χ1) is 10.5. The second kappa shape index (κ2) is 6.85. The van der Waals surface area contributed by atoms with Crippen molar-refractivity contribution < 1.29 is 18.7 Å². The molecule has 0 aliphatic rings. The maximum Gasteiger partial charge on any atom is 0.262 e. The van der Waals surface area contributed by atoms with Crippen molar-refractivity contribution in [3.8, 4) is 5.75 Å². The van der Waals surface area contributed by atoms with Crippen molar-refractivity contribution in [3.63, 3.8) is 0 Å². The van der Waals surface area contributed by atoms with Crippen LogP contribution in [0.5, 0.6) is 5.75 Å². The molecule has 0 aliphatic heterocycles. The van der Waals surface area contributed by atoms with E-state index in [1.165, 1.54) is 19.1 Å². The fourth-order valence-corrected chi connectivity index (χ4v) is 1.85. The number of carbonyl (C=O) groups is 2. The highest BCUT2D eigenvalue weighted by atomic mass is 19.1. The lowest BCUT2D eigenvalue weighted by atomic mass is 10.1. The Morgan fingerprint density at radius 2 is 1.82 bits per heavy atom. The van der Waals surface area contributed by atoms with E-state index >= 15 is 0 Å². The number of ether oxygens (including phenoxy) is 1. The zero-order valence-corrected chi connectivity index (χ0v) is 12.4. The average molecular weight is 301 g/mol. The second-order valence-electron chi connectivity index (χ2n) is 4.88. The lowest BCUT2D eigenvalue weighted by Gasteiger charge is -2.10. The maximum absolute atomic E-state index is 13.1. The van der Waals surface area contributed by atoms with E-state index in [9.17, 15) is 14.0 Å². The number of Topliss-reactive ketones (excluding diaryl/α,β-unsaturated/α-hetero) is 1. The number of amides is 1. The van der Waals surface area contributed by atoms with Gasteiger partial charge in [-0.3, -0.25) is 9.59 Å². The van der Waals surface area contributed by atoms with E-state index in [1.807, 2.05) is 0 Å². The molecule has 2 aromatic carbocycles. The third-order valence-electron chi connectivity index (χ3n) is 3.10. The van der Waals surface area contributed by atoms with E-state index in [-0.39, 0.29) is 18.3 Å². The maximum atomic E-state index is 13.1. The summed E-state index contributed by atoms with van der Waals surface area (Å²) in [4.78, 5) is 23.0. The van der Waals surface area contributed by atoms with Crippen LogP contribution in [0.2, 0.25) is 0 Å². The Kier molecular flexibility index (Phi) is 4.88. The van der Waals surface area contributed by atoms with Gasteiger partial charge < -0.3 is 10.1 Å². The monoisotopic (exact) mass is 301 g/mol. The van der Waals surface area contributed by atoms with Crippen molar-refractivity contribution in [2.45, 2.75) is 13.8 Å². The molecule has 0 heterocycles. The Balaban J connectivity index is 1.92. The zero-order chi connectivity index (χ0) is 16.1. The summed E-state index contributed by atoms with van der Waals surface area (Å²) in [7, 11) is 0. The Labute approximate surface area is 127 Å². The van der Waals surface area contributed by atoms with Crippen LogP contribution >= 0.6 is 0 Å². The van der Waals surface area contributed by atoms with Gasteiger partial charge in [0, 0.05) is 11.3 Å².